The lowest BCUT2D eigenvalue weighted by molar-refractivity contribution is 1.27. The van der Waals surface area contributed by atoms with E-state index in [9.17, 15) is 4.79 Å². The summed E-state index contributed by atoms with van der Waals surface area (Å²) < 4.78 is 0. The highest BCUT2D eigenvalue weighted by atomic mass is 35.5. The predicted octanol–water partition coefficient (Wildman–Crippen LogP) is 3.85. The van der Waals surface area contributed by atoms with Gasteiger partial charge in [0.2, 0.25) is 5.56 Å². The third-order valence-corrected chi connectivity index (χ3v) is 3.24. The van der Waals surface area contributed by atoms with Gasteiger partial charge in [-0.05, 0) is 11.5 Å². The maximum absolute atomic E-state index is 11.7. The number of nitrogens with one attached hydrogen (secondary N) is 1. The maximum atomic E-state index is 11.7. The monoisotopic (exact) mass is 255 g/mol. The Balaban J connectivity index is 2.42. The van der Waals surface area contributed by atoms with E-state index in [0.29, 0.717) is 5.02 Å². The summed E-state index contributed by atoms with van der Waals surface area (Å²) in [6.07, 6.45) is 0. The summed E-state index contributed by atoms with van der Waals surface area (Å²) in [5.74, 6) is 0. The highest BCUT2D eigenvalue weighted by molar-refractivity contribution is 6.33. The van der Waals surface area contributed by atoms with Gasteiger partial charge in [-0.25, -0.2) is 0 Å². The van der Waals surface area contributed by atoms with Gasteiger partial charge in [-0.3, -0.25) is 4.79 Å². The molecule has 0 aliphatic carbocycles. The molecule has 0 saturated carbocycles. The fraction of sp³-hybridized carbons (Fsp3) is 0. The van der Waals surface area contributed by atoms with Gasteiger partial charge in [-0.15, -0.1) is 0 Å². The molecule has 0 amide bonds. The van der Waals surface area contributed by atoms with Crippen LogP contribution in [-0.4, -0.2) is 4.98 Å². The van der Waals surface area contributed by atoms with Crippen molar-refractivity contribution in [2.24, 2.45) is 0 Å². The minimum absolute atomic E-state index is 0.122. The van der Waals surface area contributed by atoms with Crippen molar-refractivity contribution >= 4 is 22.4 Å². The summed E-state index contributed by atoms with van der Waals surface area (Å²) in [5.41, 5.74) is 1.49. The van der Waals surface area contributed by atoms with Crippen LogP contribution in [0, 0.1) is 0 Å². The summed E-state index contributed by atoms with van der Waals surface area (Å²) in [6, 6.07) is 16.8. The molecule has 0 aliphatic heterocycles. The Morgan fingerprint density at radius 3 is 2.50 bits per heavy atom. The molecule has 3 rings (SSSR count). The van der Waals surface area contributed by atoms with Crippen LogP contribution in [0.5, 0.6) is 0 Å². The first-order valence-corrected chi connectivity index (χ1v) is 6.00. The van der Waals surface area contributed by atoms with Crippen molar-refractivity contribution in [2.45, 2.75) is 0 Å². The van der Waals surface area contributed by atoms with Gasteiger partial charge in [0.05, 0.1) is 5.69 Å². The second-order valence-electron chi connectivity index (χ2n) is 4.08. The van der Waals surface area contributed by atoms with E-state index in [4.69, 9.17) is 11.6 Å². The number of aromatic amines is 1. The van der Waals surface area contributed by atoms with Crippen molar-refractivity contribution in [2.75, 3.05) is 0 Å². The lowest BCUT2D eigenvalue weighted by atomic mass is 10.0. The van der Waals surface area contributed by atoms with Gasteiger partial charge in [-0.1, -0.05) is 54.1 Å². The number of pyridine rings is 1. The Kier molecular flexibility index (Phi) is 2.65. The molecule has 0 spiro atoms. The number of hydrogen-bond acceptors (Lipinski definition) is 1. The number of fused-ring (bicyclic) bond motifs is 1. The van der Waals surface area contributed by atoms with Crippen molar-refractivity contribution < 1.29 is 0 Å². The maximum Gasteiger partial charge on any atom is 0.249 e. The molecule has 0 radical (unpaired) electrons. The molecule has 1 aromatic heterocycles. The molecule has 2 nitrogen and oxygen atoms in total. The van der Waals surface area contributed by atoms with Crippen molar-refractivity contribution in [3.05, 3.63) is 70.0 Å². The Labute approximate surface area is 109 Å². The van der Waals surface area contributed by atoms with E-state index in [0.717, 1.165) is 22.0 Å². The molecule has 1 heterocycles. The van der Waals surface area contributed by atoms with Crippen LogP contribution in [0.1, 0.15) is 0 Å². The second kappa shape index (κ2) is 4.31. The minimum atomic E-state index is -0.122. The van der Waals surface area contributed by atoms with Gasteiger partial charge in [0.25, 0.3) is 0 Å². The first kappa shape index (κ1) is 11.1. The van der Waals surface area contributed by atoms with E-state index >= 15 is 0 Å². The fourth-order valence-corrected chi connectivity index (χ4v) is 2.32. The normalized spacial score (nSPS) is 10.7. The van der Waals surface area contributed by atoms with Crippen molar-refractivity contribution in [1.82, 2.24) is 4.98 Å². The van der Waals surface area contributed by atoms with Crippen molar-refractivity contribution in [3.63, 3.8) is 0 Å². The van der Waals surface area contributed by atoms with E-state index in [2.05, 4.69) is 4.98 Å². The zero-order valence-corrected chi connectivity index (χ0v) is 10.2. The van der Waals surface area contributed by atoms with E-state index in [-0.39, 0.29) is 5.56 Å². The lowest BCUT2D eigenvalue weighted by Gasteiger charge is -2.07. The third-order valence-electron chi connectivity index (χ3n) is 2.91. The van der Waals surface area contributed by atoms with Crippen LogP contribution in [0.3, 0.4) is 0 Å². The van der Waals surface area contributed by atoms with Gasteiger partial charge in [0.1, 0.15) is 0 Å². The number of halogens is 1. The topological polar surface area (TPSA) is 32.9 Å². The van der Waals surface area contributed by atoms with Crippen LogP contribution in [0.2, 0.25) is 5.02 Å². The van der Waals surface area contributed by atoms with Crippen LogP contribution in [0.15, 0.2) is 59.4 Å². The van der Waals surface area contributed by atoms with Crippen molar-refractivity contribution in [1.29, 1.82) is 0 Å². The third kappa shape index (κ3) is 1.81. The first-order valence-electron chi connectivity index (χ1n) is 5.63. The molecule has 0 fully saturated rings. The summed E-state index contributed by atoms with van der Waals surface area (Å²) in [6.45, 7) is 0. The highest BCUT2D eigenvalue weighted by Crippen LogP contribution is 2.30. The molecular weight excluding hydrogens is 246 g/mol. The van der Waals surface area contributed by atoms with Crippen LogP contribution in [0.25, 0.3) is 22.0 Å². The van der Waals surface area contributed by atoms with Crippen LogP contribution < -0.4 is 5.56 Å². The summed E-state index contributed by atoms with van der Waals surface area (Å²) in [4.78, 5) is 14.6. The minimum Gasteiger partial charge on any atom is -0.321 e. The van der Waals surface area contributed by atoms with Crippen LogP contribution in [-0.2, 0) is 0 Å². The van der Waals surface area contributed by atoms with E-state index in [1.807, 2.05) is 48.5 Å². The van der Waals surface area contributed by atoms with Gasteiger partial charge in [0.15, 0.2) is 0 Å². The summed E-state index contributed by atoms with van der Waals surface area (Å²) in [5, 5.41) is 2.53. The number of benzene rings is 2. The van der Waals surface area contributed by atoms with E-state index in [1.165, 1.54) is 0 Å². The summed E-state index contributed by atoms with van der Waals surface area (Å²) in [7, 11) is 0. The molecule has 88 valence electrons. The largest absolute Gasteiger partial charge is 0.321 e. The van der Waals surface area contributed by atoms with Gasteiger partial charge in [0, 0.05) is 22.0 Å². The molecule has 0 aliphatic rings. The fourth-order valence-electron chi connectivity index (χ4n) is 2.09. The Bertz CT molecular complexity index is 777. The number of hydrogen-bond donors (Lipinski definition) is 1. The zero-order chi connectivity index (χ0) is 12.5. The number of H-pyrrole nitrogens is 1. The molecule has 0 atom stereocenters. The first-order chi connectivity index (χ1) is 8.75. The zero-order valence-electron chi connectivity index (χ0n) is 9.48. The quantitative estimate of drug-likeness (QED) is 0.704. The predicted molar refractivity (Wildman–Crippen MR) is 75.0 cm³/mol. The van der Waals surface area contributed by atoms with E-state index in [1.54, 1.807) is 6.07 Å². The van der Waals surface area contributed by atoms with Gasteiger partial charge >= 0.3 is 0 Å². The Morgan fingerprint density at radius 2 is 1.67 bits per heavy atom. The van der Waals surface area contributed by atoms with Gasteiger partial charge < -0.3 is 4.98 Å². The smallest absolute Gasteiger partial charge is 0.249 e. The van der Waals surface area contributed by atoms with Crippen LogP contribution >= 0.6 is 11.6 Å². The Hall–Kier alpha value is -2.06. The molecule has 0 unspecified atom stereocenters. The average molecular weight is 256 g/mol. The number of rotatable bonds is 1. The number of aromatic nitrogens is 1. The standard InChI is InChI=1S/C15H10ClNO/c16-13-8-4-3-7-12(13)15-11-6-2-1-5-10(11)9-14(18)17-15/h1-9H,(H,17,18). The molecule has 2 aromatic carbocycles. The SMILES string of the molecule is O=c1cc2ccccc2c(-c2ccccc2Cl)[nH]1. The highest BCUT2D eigenvalue weighted by Gasteiger charge is 2.08. The average Bonchev–Trinajstić information content (AvgIpc) is 2.38. The second-order valence-corrected chi connectivity index (χ2v) is 4.48. The van der Waals surface area contributed by atoms with Gasteiger partial charge in [-0.2, -0.15) is 0 Å². The molecule has 18 heavy (non-hydrogen) atoms. The molecule has 3 heteroatoms. The molecular formula is C15H10ClNO. The molecule has 1 N–H and O–H groups in total. The van der Waals surface area contributed by atoms with Crippen molar-refractivity contribution in [3.8, 4) is 11.3 Å². The molecule has 0 saturated heterocycles. The molecule has 3 aromatic rings. The van der Waals surface area contributed by atoms with E-state index < -0.39 is 0 Å². The lowest BCUT2D eigenvalue weighted by Crippen LogP contribution is -2.05. The van der Waals surface area contributed by atoms with Crippen LogP contribution in [0.4, 0.5) is 0 Å². The Morgan fingerprint density at radius 1 is 0.944 bits per heavy atom. The summed E-state index contributed by atoms with van der Waals surface area (Å²) >= 11 is 6.19. The molecule has 0 bridgehead atoms.